The molecule has 0 aliphatic carbocycles. The number of hydrogen-bond acceptors (Lipinski definition) is 3. The number of amides is 1. The van der Waals surface area contributed by atoms with E-state index in [9.17, 15) is 4.79 Å². The van der Waals surface area contributed by atoms with Crippen molar-refractivity contribution in [3.63, 3.8) is 0 Å². The molecular formula is C15H13ClN4O. The molecule has 6 heteroatoms. The molecule has 21 heavy (non-hydrogen) atoms. The number of rotatable bonds is 2. The van der Waals surface area contributed by atoms with Crippen LogP contribution >= 0.6 is 11.6 Å². The Morgan fingerprint density at radius 2 is 1.95 bits per heavy atom. The highest BCUT2D eigenvalue weighted by Crippen LogP contribution is 2.25. The number of hydrogen-bond donors (Lipinski definition) is 2. The van der Waals surface area contributed by atoms with Crippen molar-refractivity contribution >= 4 is 34.1 Å². The highest BCUT2D eigenvalue weighted by Gasteiger charge is 2.15. The number of carbonyl (C=O) groups is 1. The summed E-state index contributed by atoms with van der Waals surface area (Å²) in [6, 6.07) is 7.41. The summed E-state index contributed by atoms with van der Waals surface area (Å²) in [5, 5.41) is 11.6. The zero-order valence-electron chi connectivity index (χ0n) is 11.6. The molecule has 106 valence electrons. The lowest BCUT2D eigenvalue weighted by Gasteiger charge is -2.07. The van der Waals surface area contributed by atoms with E-state index in [-0.39, 0.29) is 5.91 Å². The van der Waals surface area contributed by atoms with Gasteiger partial charge in [-0.15, -0.1) is 0 Å². The Balaban J connectivity index is 2.03. The number of aromatic nitrogens is 3. The second-order valence-corrected chi connectivity index (χ2v) is 5.14. The normalized spacial score (nSPS) is 10.8. The molecule has 2 aromatic heterocycles. The summed E-state index contributed by atoms with van der Waals surface area (Å²) >= 11 is 6.06. The maximum atomic E-state index is 12.5. The lowest BCUT2D eigenvalue weighted by molar-refractivity contribution is 0.102. The Morgan fingerprint density at radius 3 is 2.62 bits per heavy atom. The summed E-state index contributed by atoms with van der Waals surface area (Å²) in [4.78, 5) is 16.5. The van der Waals surface area contributed by atoms with Crippen molar-refractivity contribution in [3.8, 4) is 0 Å². The number of nitrogens with one attached hydrogen (secondary N) is 2. The smallest absolute Gasteiger partial charge is 0.259 e. The number of nitrogens with zero attached hydrogens (tertiary/aromatic N) is 2. The Labute approximate surface area is 126 Å². The van der Waals surface area contributed by atoms with Crippen molar-refractivity contribution in [1.82, 2.24) is 15.2 Å². The molecule has 2 N–H and O–H groups in total. The van der Waals surface area contributed by atoms with Gasteiger partial charge in [-0.1, -0.05) is 35.9 Å². The third kappa shape index (κ3) is 2.36. The summed E-state index contributed by atoms with van der Waals surface area (Å²) in [5.41, 5.74) is 2.30. The van der Waals surface area contributed by atoms with Gasteiger partial charge < -0.3 is 5.32 Å². The van der Waals surface area contributed by atoms with E-state index in [1.54, 1.807) is 0 Å². The average molecular weight is 301 g/mol. The number of aromatic amines is 1. The molecule has 0 fully saturated rings. The number of pyridine rings is 1. The Bertz CT molecular complexity index is 841. The first-order valence-corrected chi connectivity index (χ1v) is 6.82. The number of halogens is 1. The first-order chi connectivity index (χ1) is 10.1. The van der Waals surface area contributed by atoms with Gasteiger partial charge in [-0.05, 0) is 19.2 Å². The van der Waals surface area contributed by atoms with Gasteiger partial charge in [-0.25, -0.2) is 4.98 Å². The number of fused-ring (bicyclic) bond motifs is 1. The van der Waals surface area contributed by atoms with Crippen LogP contribution in [0.4, 0.5) is 5.82 Å². The highest BCUT2D eigenvalue weighted by atomic mass is 35.5. The third-order valence-electron chi connectivity index (χ3n) is 3.48. The van der Waals surface area contributed by atoms with Crippen LogP contribution in [0.3, 0.4) is 0 Å². The molecule has 0 aliphatic heterocycles. The Morgan fingerprint density at radius 1 is 1.24 bits per heavy atom. The van der Waals surface area contributed by atoms with Gasteiger partial charge in [0.15, 0.2) is 5.82 Å². The van der Waals surface area contributed by atoms with E-state index in [4.69, 9.17) is 11.6 Å². The first kappa shape index (κ1) is 13.6. The number of carbonyl (C=O) groups excluding carboxylic acids is 1. The molecule has 0 unspecified atom stereocenters. The predicted octanol–water partition coefficient (Wildman–Crippen LogP) is 3.48. The predicted molar refractivity (Wildman–Crippen MR) is 82.8 cm³/mol. The molecule has 0 saturated carbocycles. The largest absolute Gasteiger partial charge is 0.305 e. The zero-order chi connectivity index (χ0) is 15.0. The molecule has 0 atom stereocenters. The topological polar surface area (TPSA) is 70.7 Å². The number of benzene rings is 1. The average Bonchev–Trinajstić information content (AvgIpc) is 2.80. The van der Waals surface area contributed by atoms with Gasteiger partial charge in [0.25, 0.3) is 5.91 Å². The summed E-state index contributed by atoms with van der Waals surface area (Å²) in [5.74, 6) is 0.265. The minimum Gasteiger partial charge on any atom is -0.305 e. The third-order valence-corrected chi connectivity index (χ3v) is 3.78. The van der Waals surface area contributed by atoms with Gasteiger partial charge in [0.1, 0.15) is 5.15 Å². The van der Waals surface area contributed by atoms with Gasteiger partial charge in [0.05, 0.1) is 5.56 Å². The van der Waals surface area contributed by atoms with Crippen LogP contribution in [0.2, 0.25) is 5.15 Å². The Kier molecular flexibility index (Phi) is 3.35. The standard InChI is InChI=1S/C15H13ClN4O/c1-8-9(2)19-20-14(8)18-15(21)12-7-17-13(16)11-6-4-3-5-10(11)12/h3-7H,1-2H3,(H2,18,19,20,21). The van der Waals surface area contributed by atoms with Gasteiger partial charge in [-0.3, -0.25) is 9.89 Å². The molecule has 0 saturated heterocycles. The molecule has 0 aliphatic rings. The summed E-state index contributed by atoms with van der Waals surface area (Å²) in [7, 11) is 0. The fourth-order valence-electron chi connectivity index (χ4n) is 2.12. The minimum atomic E-state index is -0.259. The van der Waals surface area contributed by atoms with Gasteiger partial charge in [0, 0.05) is 22.8 Å². The van der Waals surface area contributed by atoms with Crippen molar-refractivity contribution in [2.75, 3.05) is 5.32 Å². The van der Waals surface area contributed by atoms with Crippen LogP contribution in [-0.2, 0) is 0 Å². The molecule has 0 bridgehead atoms. The van der Waals surface area contributed by atoms with Crippen molar-refractivity contribution in [3.05, 3.63) is 52.4 Å². The van der Waals surface area contributed by atoms with Gasteiger partial charge in [0.2, 0.25) is 0 Å². The lowest BCUT2D eigenvalue weighted by Crippen LogP contribution is -2.14. The van der Waals surface area contributed by atoms with Crippen molar-refractivity contribution in [2.45, 2.75) is 13.8 Å². The summed E-state index contributed by atoms with van der Waals surface area (Å²) in [6.45, 7) is 3.80. The van der Waals surface area contributed by atoms with Crippen molar-refractivity contribution < 1.29 is 4.79 Å². The fraction of sp³-hybridized carbons (Fsp3) is 0.133. The number of H-pyrrole nitrogens is 1. The van der Waals surface area contributed by atoms with Gasteiger partial charge >= 0.3 is 0 Å². The van der Waals surface area contributed by atoms with E-state index >= 15 is 0 Å². The highest BCUT2D eigenvalue weighted by molar-refractivity contribution is 6.35. The monoisotopic (exact) mass is 300 g/mol. The fourth-order valence-corrected chi connectivity index (χ4v) is 2.33. The Hall–Kier alpha value is -2.40. The molecule has 2 heterocycles. The van der Waals surface area contributed by atoms with Crippen LogP contribution in [-0.4, -0.2) is 21.1 Å². The summed E-state index contributed by atoms with van der Waals surface area (Å²) < 4.78 is 0. The second kappa shape index (κ2) is 5.18. The molecular weight excluding hydrogens is 288 g/mol. The molecule has 3 aromatic rings. The van der Waals surface area contributed by atoms with Crippen LogP contribution in [0, 0.1) is 13.8 Å². The lowest BCUT2D eigenvalue weighted by atomic mass is 10.1. The van der Waals surface area contributed by atoms with Crippen molar-refractivity contribution in [2.24, 2.45) is 0 Å². The molecule has 0 radical (unpaired) electrons. The summed E-state index contributed by atoms with van der Waals surface area (Å²) in [6.07, 6.45) is 1.48. The van der Waals surface area contributed by atoms with E-state index in [2.05, 4.69) is 20.5 Å². The first-order valence-electron chi connectivity index (χ1n) is 6.44. The van der Waals surface area contributed by atoms with Crippen LogP contribution in [0.1, 0.15) is 21.6 Å². The molecule has 1 aromatic carbocycles. The van der Waals surface area contributed by atoms with E-state index in [1.165, 1.54) is 6.20 Å². The molecule has 5 nitrogen and oxygen atoms in total. The molecule has 3 rings (SSSR count). The molecule has 1 amide bonds. The SMILES string of the molecule is Cc1[nH]nc(NC(=O)c2cnc(Cl)c3ccccc23)c1C. The van der Waals surface area contributed by atoms with Gasteiger partial charge in [-0.2, -0.15) is 5.10 Å². The molecule has 0 spiro atoms. The van der Waals surface area contributed by atoms with Crippen LogP contribution < -0.4 is 5.32 Å². The van der Waals surface area contributed by atoms with E-state index < -0.39 is 0 Å². The van der Waals surface area contributed by atoms with Crippen LogP contribution in [0.25, 0.3) is 10.8 Å². The maximum Gasteiger partial charge on any atom is 0.259 e. The minimum absolute atomic E-state index is 0.259. The maximum absolute atomic E-state index is 12.5. The van der Waals surface area contributed by atoms with Crippen LogP contribution in [0.15, 0.2) is 30.5 Å². The van der Waals surface area contributed by atoms with E-state index in [1.807, 2.05) is 38.1 Å². The quantitative estimate of drug-likeness (QED) is 0.712. The van der Waals surface area contributed by atoms with Crippen LogP contribution in [0.5, 0.6) is 0 Å². The zero-order valence-corrected chi connectivity index (χ0v) is 12.3. The second-order valence-electron chi connectivity index (χ2n) is 4.78. The number of anilines is 1. The number of aryl methyl sites for hydroxylation is 1. The van der Waals surface area contributed by atoms with E-state index in [0.717, 1.165) is 22.0 Å². The van der Waals surface area contributed by atoms with Crippen molar-refractivity contribution in [1.29, 1.82) is 0 Å². The van der Waals surface area contributed by atoms with E-state index in [0.29, 0.717) is 16.5 Å².